The molecule has 32 heavy (non-hydrogen) atoms. The van der Waals surface area contributed by atoms with Gasteiger partial charge in [-0.1, -0.05) is 41.9 Å². The van der Waals surface area contributed by atoms with Gasteiger partial charge in [0.05, 0.1) is 11.9 Å². The predicted molar refractivity (Wildman–Crippen MR) is 128 cm³/mol. The standard InChI is InChI=1S/C23H30ClN3O4S/c1-16(2)25-23(29)18(4)26(14-19-10-12-20(24)13-11-19)22(28)15-27(32(5,30)31)21-9-7-6-8-17(21)3/h6-13,16,18H,14-15H2,1-5H3,(H,25,29)/t18-/m1/s1. The average molecular weight is 480 g/mol. The topological polar surface area (TPSA) is 86.8 Å². The Balaban J connectivity index is 2.39. The maximum Gasteiger partial charge on any atom is 0.244 e. The van der Waals surface area contributed by atoms with Crippen LogP contribution in [0.25, 0.3) is 0 Å². The van der Waals surface area contributed by atoms with Gasteiger partial charge in [0, 0.05) is 17.6 Å². The second-order valence-electron chi connectivity index (χ2n) is 8.04. The number of aryl methyl sites for hydroxylation is 1. The lowest BCUT2D eigenvalue weighted by Gasteiger charge is -2.32. The van der Waals surface area contributed by atoms with Crippen molar-refractivity contribution in [3.05, 3.63) is 64.7 Å². The Morgan fingerprint density at radius 1 is 1.03 bits per heavy atom. The summed E-state index contributed by atoms with van der Waals surface area (Å²) in [5, 5.41) is 3.37. The van der Waals surface area contributed by atoms with E-state index >= 15 is 0 Å². The highest BCUT2D eigenvalue weighted by molar-refractivity contribution is 7.92. The van der Waals surface area contributed by atoms with Crippen LogP contribution in [0.15, 0.2) is 48.5 Å². The molecule has 0 bridgehead atoms. The Labute approximate surface area is 195 Å². The van der Waals surface area contributed by atoms with Crippen LogP contribution in [0, 0.1) is 6.92 Å². The van der Waals surface area contributed by atoms with Gasteiger partial charge in [0.2, 0.25) is 21.8 Å². The van der Waals surface area contributed by atoms with Crippen molar-refractivity contribution in [1.29, 1.82) is 0 Å². The highest BCUT2D eigenvalue weighted by Crippen LogP contribution is 2.23. The Morgan fingerprint density at radius 2 is 1.62 bits per heavy atom. The number of benzene rings is 2. The first-order chi connectivity index (χ1) is 14.9. The molecular weight excluding hydrogens is 450 g/mol. The molecule has 2 rings (SSSR count). The fourth-order valence-corrected chi connectivity index (χ4v) is 4.25. The zero-order valence-electron chi connectivity index (χ0n) is 19.0. The number of hydrogen-bond donors (Lipinski definition) is 1. The highest BCUT2D eigenvalue weighted by atomic mass is 35.5. The van der Waals surface area contributed by atoms with Gasteiger partial charge in [-0.25, -0.2) is 8.42 Å². The van der Waals surface area contributed by atoms with E-state index in [0.29, 0.717) is 10.7 Å². The van der Waals surface area contributed by atoms with Crippen LogP contribution in [0.4, 0.5) is 5.69 Å². The van der Waals surface area contributed by atoms with Gasteiger partial charge in [0.1, 0.15) is 12.6 Å². The molecule has 1 N–H and O–H groups in total. The number of hydrogen-bond acceptors (Lipinski definition) is 4. The number of sulfonamides is 1. The summed E-state index contributed by atoms with van der Waals surface area (Å²) in [7, 11) is -3.74. The summed E-state index contributed by atoms with van der Waals surface area (Å²) in [4.78, 5) is 27.5. The Kier molecular flexibility index (Phi) is 8.69. The quantitative estimate of drug-likeness (QED) is 0.597. The second-order valence-corrected chi connectivity index (χ2v) is 10.4. The van der Waals surface area contributed by atoms with Crippen molar-refractivity contribution >= 4 is 39.1 Å². The fourth-order valence-electron chi connectivity index (χ4n) is 3.21. The molecule has 1 atom stereocenters. The molecule has 0 aliphatic carbocycles. The van der Waals surface area contributed by atoms with Crippen LogP contribution in [0.2, 0.25) is 5.02 Å². The minimum absolute atomic E-state index is 0.100. The van der Waals surface area contributed by atoms with Gasteiger partial charge in [0.15, 0.2) is 0 Å². The first kappa shape index (κ1) is 25.7. The molecular formula is C23H30ClN3O4S. The molecule has 0 spiro atoms. The molecule has 2 amide bonds. The fraction of sp³-hybridized carbons (Fsp3) is 0.391. The van der Waals surface area contributed by atoms with Gasteiger partial charge in [-0.15, -0.1) is 0 Å². The molecule has 7 nitrogen and oxygen atoms in total. The summed E-state index contributed by atoms with van der Waals surface area (Å²) in [5.41, 5.74) is 1.92. The van der Waals surface area contributed by atoms with Crippen LogP contribution in [0.1, 0.15) is 31.9 Å². The average Bonchev–Trinajstić information content (AvgIpc) is 2.70. The van der Waals surface area contributed by atoms with Crippen molar-refractivity contribution in [1.82, 2.24) is 10.2 Å². The number of para-hydroxylation sites is 1. The maximum atomic E-state index is 13.4. The van der Waals surface area contributed by atoms with E-state index in [0.717, 1.165) is 21.7 Å². The summed E-state index contributed by atoms with van der Waals surface area (Å²) < 4.78 is 26.2. The van der Waals surface area contributed by atoms with E-state index in [1.165, 1.54) is 4.90 Å². The highest BCUT2D eigenvalue weighted by Gasteiger charge is 2.30. The van der Waals surface area contributed by atoms with Crippen LogP contribution in [-0.2, 0) is 26.2 Å². The lowest BCUT2D eigenvalue weighted by Crippen LogP contribution is -2.52. The van der Waals surface area contributed by atoms with Crippen LogP contribution < -0.4 is 9.62 Å². The smallest absolute Gasteiger partial charge is 0.244 e. The SMILES string of the molecule is Cc1ccccc1N(CC(=O)N(Cc1ccc(Cl)cc1)[C@H](C)C(=O)NC(C)C)S(C)(=O)=O. The molecule has 0 aliphatic heterocycles. The van der Waals surface area contributed by atoms with Gasteiger partial charge in [-0.05, 0) is 57.0 Å². The van der Waals surface area contributed by atoms with Crippen molar-refractivity contribution in [2.75, 3.05) is 17.1 Å². The third kappa shape index (κ3) is 6.97. The number of halogens is 1. The molecule has 174 valence electrons. The zero-order valence-corrected chi connectivity index (χ0v) is 20.6. The Morgan fingerprint density at radius 3 is 2.16 bits per heavy atom. The zero-order chi connectivity index (χ0) is 24.1. The van der Waals surface area contributed by atoms with Crippen LogP contribution in [-0.4, -0.2) is 50.0 Å². The van der Waals surface area contributed by atoms with E-state index in [4.69, 9.17) is 11.6 Å². The molecule has 0 radical (unpaired) electrons. The molecule has 0 unspecified atom stereocenters. The van der Waals surface area contributed by atoms with E-state index in [9.17, 15) is 18.0 Å². The second kappa shape index (κ2) is 10.8. The van der Waals surface area contributed by atoms with Gasteiger partial charge >= 0.3 is 0 Å². The van der Waals surface area contributed by atoms with Crippen molar-refractivity contribution < 1.29 is 18.0 Å². The molecule has 2 aromatic rings. The van der Waals surface area contributed by atoms with Crippen molar-refractivity contribution in [3.8, 4) is 0 Å². The summed E-state index contributed by atoms with van der Waals surface area (Å²) in [6, 6.07) is 13.0. The van der Waals surface area contributed by atoms with Gasteiger partial charge in [-0.2, -0.15) is 0 Å². The van der Waals surface area contributed by atoms with Gasteiger partial charge < -0.3 is 10.2 Å². The van der Waals surface area contributed by atoms with Gasteiger partial charge in [0.25, 0.3) is 0 Å². The molecule has 0 saturated heterocycles. The molecule has 0 aliphatic rings. The third-order valence-corrected chi connectivity index (χ3v) is 6.31. The van der Waals surface area contributed by atoms with Crippen molar-refractivity contribution in [3.63, 3.8) is 0 Å². The Hall–Kier alpha value is -2.58. The largest absolute Gasteiger partial charge is 0.352 e. The first-order valence-electron chi connectivity index (χ1n) is 10.3. The molecule has 2 aromatic carbocycles. The molecule has 0 heterocycles. The van der Waals surface area contributed by atoms with Gasteiger partial charge in [-0.3, -0.25) is 13.9 Å². The molecule has 9 heteroatoms. The Bertz CT molecular complexity index is 1060. The molecule has 0 saturated carbocycles. The van der Waals surface area contributed by atoms with Crippen LogP contribution >= 0.6 is 11.6 Å². The van der Waals surface area contributed by atoms with E-state index < -0.39 is 28.5 Å². The minimum Gasteiger partial charge on any atom is -0.352 e. The minimum atomic E-state index is -3.74. The van der Waals surface area contributed by atoms with Crippen molar-refractivity contribution in [2.45, 2.75) is 46.3 Å². The maximum absolute atomic E-state index is 13.4. The summed E-state index contributed by atoms with van der Waals surface area (Å²) in [6.45, 7) is 6.79. The van der Waals surface area contributed by atoms with Crippen LogP contribution in [0.3, 0.4) is 0 Å². The summed E-state index contributed by atoms with van der Waals surface area (Å²) in [6.07, 6.45) is 1.06. The monoisotopic (exact) mass is 479 g/mol. The first-order valence-corrected chi connectivity index (χ1v) is 12.5. The van der Waals surface area contributed by atoms with E-state index in [1.807, 2.05) is 13.8 Å². The number of carbonyl (C=O) groups excluding carboxylic acids is 2. The number of nitrogens with zero attached hydrogens (tertiary/aromatic N) is 2. The van der Waals surface area contributed by atoms with E-state index in [2.05, 4.69) is 5.32 Å². The van der Waals surface area contributed by atoms with E-state index in [1.54, 1.807) is 62.4 Å². The summed E-state index contributed by atoms with van der Waals surface area (Å²) >= 11 is 5.96. The van der Waals surface area contributed by atoms with E-state index in [-0.39, 0.29) is 18.5 Å². The normalized spacial score (nSPS) is 12.3. The number of anilines is 1. The number of rotatable bonds is 9. The lowest BCUT2D eigenvalue weighted by molar-refractivity contribution is -0.139. The van der Waals surface area contributed by atoms with Crippen molar-refractivity contribution in [2.24, 2.45) is 0 Å². The third-order valence-electron chi connectivity index (χ3n) is 4.93. The predicted octanol–water partition coefficient (Wildman–Crippen LogP) is 3.36. The molecule has 0 aromatic heterocycles. The number of nitrogens with one attached hydrogen (secondary N) is 1. The summed E-state index contributed by atoms with van der Waals surface area (Å²) in [5.74, 6) is -0.802. The lowest BCUT2D eigenvalue weighted by atomic mass is 10.1. The molecule has 0 fully saturated rings. The number of carbonyl (C=O) groups is 2. The number of amides is 2. The van der Waals surface area contributed by atoms with Crippen LogP contribution in [0.5, 0.6) is 0 Å².